The van der Waals surface area contributed by atoms with Crippen molar-refractivity contribution in [3.05, 3.63) is 94.6 Å². The van der Waals surface area contributed by atoms with Crippen molar-refractivity contribution in [1.82, 2.24) is 10.2 Å². The van der Waals surface area contributed by atoms with Crippen LogP contribution in [0.5, 0.6) is 0 Å². The number of aliphatic carboxylic acids is 1. The van der Waals surface area contributed by atoms with Crippen LogP contribution in [0.2, 0.25) is 5.02 Å². The van der Waals surface area contributed by atoms with Crippen molar-refractivity contribution in [1.29, 1.82) is 0 Å². The lowest BCUT2D eigenvalue weighted by atomic mass is 10.0. The Bertz CT molecular complexity index is 1350. The second-order valence-electron chi connectivity index (χ2n) is 8.11. The molecule has 1 atom stereocenters. The molecule has 3 N–H and O–H groups in total. The van der Waals surface area contributed by atoms with Gasteiger partial charge in [0, 0.05) is 16.1 Å². The van der Waals surface area contributed by atoms with Gasteiger partial charge in [0.05, 0.1) is 17.8 Å². The number of nitrogens with one attached hydrogen (secondary N) is 2. The average Bonchev–Trinajstić information content (AvgIpc) is 3.19. The molecule has 4 rings (SSSR count). The van der Waals surface area contributed by atoms with Crippen LogP contribution in [0.3, 0.4) is 0 Å². The summed E-state index contributed by atoms with van der Waals surface area (Å²) in [6.45, 7) is 3.58. The van der Waals surface area contributed by atoms with Crippen molar-refractivity contribution in [3.63, 3.8) is 0 Å². The number of aromatic amines is 1. The Hall–Kier alpha value is -4.10. The number of rotatable bonds is 7. The minimum absolute atomic E-state index is 0.00684. The number of hydrogen-bond acceptors (Lipinski definition) is 4. The second kappa shape index (κ2) is 10.4. The third-order valence-electron chi connectivity index (χ3n) is 5.60. The van der Waals surface area contributed by atoms with Gasteiger partial charge in [0.2, 0.25) is 0 Å². The molecule has 0 radical (unpaired) electrons. The molecule has 0 spiro atoms. The lowest BCUT2D eigenvalue weighted by Crippen LogP contribution is -2.17. The third kappa shape index (κ3) is 5.70. The fourth-order valence-electron chi connectivity index (χ4n) is 3.76. The predicted molar refractivity (Wildman–Crippen MR) is 136 cm³/mol. The number of hydrogen-bond donors (Lipinski definition) is 3. The van der Waals surface area contributed by atoms with Crippen LogP contribution in [0.15, 0.2) is 72.8 Å². The lowest BCUT2D eigenvalue weighted by molar-refractivity contribution is -0.136. The number of aromatic nitrogens is 2. The van der Waals surface area contributed by atoms with Crippen LogP contribution in [0.4, 0.5) is 10.5 Å². The number of H-pyrrole nitrogens is 1. The van der Waals surface area contributed by atoms with E-state index < -0.39 is 18.2 Å². The van der Waals surface area contributed by atoms with E-state index in [9.17, 15) is 9.59 Å². The van der Waals surface area contributed by atoms with Gasteiger partial charge >= 0.3 is 12.1 Å². The van der Waals surface area contributed by atoms with Crippen LogP contribution in [0.25, 0.3) is 22.4 Å². The molecule has 0 aliphatic carbocycles. The van der Waals surface area contributed by atoms with Gasteiger partial charge in [-0.1, -0.05) is 78.3 Å². The van der Waals surface area contributed by atoms with Crippen LogP contribution in [-0.2, 0) is 16.0 Å². The number of carbonyl (C=O) groups is 2. The first-order chi connectivity index (χ1) is 16.8. The number of amides is 1. The molecule has 0 saturated heterocycles. The van der Waals surface area contributed by atoms with E-state index in [2.05, 4.69) is 15.5 Å². The zero-order chi connectivity index (χ0) is 24.9. The number of halogens is 1. The van der Waals surface area contributed by atoms with E-state index in [4.69, 9.17) is 21.4 Å². The summed E-state index contributed by atoms with van der Waals surface area (Å²) in [4.78, 5) is 23.5. The van der Waals surface area contributed by atoms with Crippen LogP contribution in [0, 0.1) is 6.92 Å². The summed E-state index contributed by atoms with van der Waals surface area (Å²) in [5.74, 6) is -0.858. The van der Waals surface area contributed by atoms with E-state index in [1.165, 1.54) is 0 Å². The number of ether oxygens (including phenoxy) is 1. The first-order valence-corrected chi connectivity index (χ1v) is 11.4. The largest absolute Gasteiger partial charge is 0.481 e. The van der Waals surface area contributed by atoms with Crippen molar-refractivity contribution < 1.29 is 19.4 Å². The summed E-state index contributed by atoms with van der Waals surface area (Å²) in [6, 6.07) is 22.4. The molecule has 1 aromatic heterocycles. The Kier molecular flexibility index (Phi) is 7.17. The topological polar surface area (TPSA) is 104 Å². The fraction of sp³-hybridized carbons (Fsp3) is 0.148. The highest BCUT2D eigenvalue weighted by Crippen LogP contribution is 2.31. The monoisotopic (exact) mass is 489 g/mol. The summed E-state index contributed by atoms with van der Waals surface area (Å²) in [5, 5.41) is 19.5. The Labute approximate surface area is 207 Å². The molecule has 1 amide bonds. The van der Waals surface area contributed by atoms with E-state index in [-0.39, 0.29) is 6.42 Å². The fourth-order valence-corrected chi connectivity index (χ4v) is 4.05. The molecule has 35 heavy (non-hydrogen) atoms. The van der Waals surface area contributed by atoms with Crippen molar-refractivity contribution in [2.75, 3.05) is 5.32 Å². The molecule has 0 aliphatic heterocycles. The SMILES string of the molecule is Cc1[nH]nc(-c2ccc(-c3ccc(CC(=O)O)cc3)cc2)c1NC(=O)O[C@H](C)c1ccccc1Cl. The number of aryl methyl sites for hydroxylation is 1. The van der Waals surface area contributed by atoms with Gasteiger partial charge in [-0.25, -0.2) is 4.79 Å². The smallest absolute Gasteiger partial charge is 0.412 e. The van der Waals surface area contributed by atoms with E-state index in [1.807, 2.05) is 73.7 Å². The maximum atomic E-state index is 12.6. The molecule has 0 fully saturated rings. The molecule has 0 bridgehead atoms. The van der Waals surface area contributed by atoms with Crippen LogP contribution >= 0.6 is 11.6 Å². The van der Waals surface area contributed by atoms with Gasteiger partial charge < -0.3 is 9.84 Å². The maximum Gasteiger partial charge on any atom is 0.412 e. The van der Waals surface area contributed by atoms with E-state index in [0.29, 0.717) is 22.1 Å². The first-order valence-electron chi connectivity index (χ1n) is 11.0. The summed E-state index contributed by atoms with van der Waals surface area (Å²) >= 11 is 6.21. The average molecular weight is 490 g/mol. The Morgan fingerprint density at radius 3 is 2.23 bits per heavy atom. The van der Waals surface area contributed by atoms with Gasteiger partial charge in [0.25, 0.3) is 0 Å². The minimum Gasteiger partial charge on any atom is -0.481 e. The maximum absolute atomic E-state index is 12.6. The van der Waals surface area contributed by atoms with Crippen LogP contribution in [-0.4, -0.2) is 27.4 Å². The van der Waals surface area contributed by atoms with Crippen molar-refractivity contribution in [2.45, 2.75) is 26.4 Å². The van der Waals surface area contributed by atoms with Gasteiger partial charge in [-0.2, -0.15) is 5.10 Å². The van der Waals surface area contributed by atoms with Crippen molar-refractivity contribution in [3.8, 4) is 22.4 Å². The molecule has 4 aromatic rings. The minimum atomic E-state index is -0.858. The standard InChI is InChI=1S/C27H24ClN3O4/c1-16-25(29-27(34)35-17(2)22-5-3-4-6-23(22)28)26(31-30-16)21-13-11-20(12-14-21)19-9-7-18(8-10-19)15-24(32)33/h3-14,17H,15H2,1-2H3,(H,29,34)(H,30,31)(H,32,33)/t17-/m1/s1. The van der Waals surface area contributed by atoms with Gasteiger partial charge in [0.1, 0.15) is 11.8 Å². The number of nitrogens with zero attached hydrogens (tertiary/aromatic N) is 1. The van der Waals surface area contributed by atoms with Gasteiger partial charge in [-0.05, 0) is 36.6 Å². The zero-order valence-corrected chi connectivity index (χ0v) is 20.0. The van der Waals surface area contributed by atoms with E-state index >= 15 is 0 Å². The number of carboxylic acid groups (broad SMARTS) is 1. The Balaban J connectivity index is 1.48. The van der Waals surface area contributed by atoms with Gasteiger partial charge in [-0.3, -0.25) is 15.2 Å². The molecule has 0 saturated carbocycles. The van der Waals surface area contributed by atoms with E-state index in [0.717, 1.165) is 27.8 Å². The third-order valence-corrected chi connectivity index (χ3v) is 5.95. The quantitative estimate of drug-likeness (QED) is 0.270. The molecule has 0 aliphatic rings. The summed E-state index contributed by atoms with van der Waals surface area (Å²) in [5.41, 5.74) is 6.05. The molecule has 178 valence electrons. The van der Waals surface area contributed by atoms with Crippen LogP contribution in [0.1, 0.15) is 29.8 Å². The molecular weight excluding hydrogens is 466 g/mol. The van der Waals surface area contributed by atoms with Gasteiger partial charge in [0.15, 0.2) is 0 Å². The van der Waals surface area contributed by atoms with E-state index in [1.54, 1.807) is 13.0 Å². The number of anilines is 1. The highest BCUT2D eigenvalue weighted by Gasteiger charge is 2.19. The van der Waals surface area contributed by atoms with Crippen molar-refractivity contribution in [2.24, 2.45) is 0 Å². The molecule has 1 heterocycles. The summed E-state index contributed by atoms with van der Waals surface area (Å²) < 4.78 is 5.53. The number of benzene rings is 3. The number of carbonyl (C=O) groups excluding carboxylic acids is 1. The molecule has 7 nitrogen and oxygen atoms in total. The van der Waals surface area contributed by atoms with Gasteiger partial charge in [-0.15, -0.1) is 0 Å². The molecular formula is C27H24ClN3O4. The highest BCUT2D eigenvalue weighted by atomic mass is 35.5. The second-order valence-corrected chi connectivity index (χ2v) is 8.52. The lowest BCUT2D eigenvalue weighted by Gasteiger charge is -2.15. The molecule has 0 unspecified atom stereocenters. The predicted octanol–water partition coefficient (Wildman–Crippen LogP) is 6.64. The summed E-state index contributed by atoms with van der Waals surface area (Å²) in [7, 11) is 0. The zero-order valence-electron chi connectivity index (χ0n) is 19.2. The highest BCUT2D eigenvalue weighted by molar-refractivity contribution is 6.31. The first kappa shape index (κ1) is 24.0. The Morgan fingerprint density at radius 1 is 1.00 bits per heavy atom. The normalized spacial score (nSPS) is 11.6. The number of carboxylic acids is 1. The van der Waals surface area contributed by atoms with Crippen LogP contribution < -0.4 is 5.32 Å². The van der Waals surface area contributed by atoms with Crippen molar-refractivity contribution >= 4 is 29.4 Å². The Morgan fingerprint density at radius 2 is 1.60 bits per heavy atom. The molecule has 3 aromatic carbocycles. The molecule has 8 heteroatoms. The summed E-state index contributed by atoms with van der Waals surface area (Å²) in [6.07, 6.45) is -1.14.